The second kappa shape index (κ2) is 6.93. The van der Waals surface area contributed by atoms with Gasteiger partial charge in [0.2, 0.25) is 0 Å². The van der Waals surface area contributed by atoms with E-state index in [0.717, 1.165) is 38.4 Å². The number of hydrogen-bond donors (Lipinski definition) is 1. The van der Waals surface area contributed by atoms with Gasteiger partial charge in [0.25, 0.3) is 0 Å². The summed E-state index contributed by atoms with van der Waals surface area (Å²) < 4.78 is 2.13. The van der Waals surface area contributed by atoms with Crippen molar-refractivity contribution in [1.82, 2.24) is 14.8 Å². The lowest BCUT2D eigenvalue weighted by molar-refractivity contribution is 0.668. The summed E-state index contributed by atoms with van der Waals surface area (Å²) in [5, 5.41) is 10.6. The lowest BCUT2D eigenvalue weighted by atomic mass is 9.99. The van der Waals surface area contributed by atoms with E-state index >= 15 is 0 Å². The molecule has 4 nitrogen and oxygen atoms in total. The molecule has 0 bridgehead atoms. The molecule has 0 radical (unpaired) electrons. The molecule has 0 unspecified atom stereocenters. The fourth-order valence-electron chi connectivity index (χ4n) is 3.36. The Hall–Kier alpha value is -1.89. The van der Waals surface area contributed by atoms with Crippen LogP contribution < -0.4 is 0 Å². The van der Waals surface area contributed by atoms with E-state index in [1.807, 2.05) is 31.2 Å². The van der Waals surface area contributed by atoms with E-state index in [9.17, 15) is 0 Å². The molecule has 0 saturated carbocycles. The van der Waals surface area contributed by atoms with Crippen molar-refractivity contribution in [2.24, 2.45) is 4.99 Å². The molecule has 3 heterocycles. The normalized spacial score (nSPS) is 15.7. The maximum Gasteiger partial charge on any atom is 0.163 e. The van der Waals surface area contributed by atoms with Gasteiger partial charge in [-0.1, -0.05) is 30.3 Å². The van der Waals surface area contributed by atoms with E-state index in [-0.39, 0.29) is 6.04 Å². The third-order valence-corrected chi connectivity index (χ3v) is 6.41. The predicted octanol–water partition coefficient (Wildman–Crippen LogP) is 5.63. The van der Waals surface area contributed by atoms with Crippen LogP contribution in [0.1, 0.15) is 45.7 Å². The van der Waals surface area contributed by atoms with Crippen LogP contribution in [0.2, 0.25) is 5.02 Å². The van der Waals surface area contributed by atoms with Gasteiger partial charge in [-0.05, 0) is 43.4 Å². The minimum atomic E-state index is -0.193. The molecular weight excluding hydrogens is 396 g/mol. The first kappa shape index (κ1) is 18.5. The third-order valence-electron chi connectivity index (χ3n) is 4.79. The molecular formula is C20H19ClN4S2. The average Bonchev–Trinajstić information content (AvgIpc) is 3.08. The van der Waals surface area contributed by atoms with Crippen LogP contribution in [-0.4, -0.2) is 20.5 Å². The summed E-state index contributed by atoms with van der Waals surface area (Å²) >= 11 is 12.3. The monoisotopic (exact) mass is 414 g/mol. The van der Waals surface area contributed by atoms with Crippen molar-refractivity contribution in [1.29, 1.82) is 0 Å². The molecule has 4 rings (SSSR count). The zero-order chi connectivity index (χ0) is 19.3. The molecule has 0 amide bonds. The fourth-order valence-corrected chi connectivity index (χ4v) is 4.87. The maximum atomic E-state index is 6.11. The lowest BCUT2D eigenvalue weighted by Crippen LogP contribution is -2.07. The van der Waals surface area contributed by atoms with Gasteiger partial charge in [0, 0.05) is 27.4 Å². The Bertz CT molecular complexity index is 1080. The average molecular weight is 415 g/mol. The standard InChI is InChI=1S/C20H19ClN4S2/c1-10(26)9-16-19-24-23-13(4)25(19)20-17(11(2)12(3)27-20)18(22-16)14-5-7-15(21)8-6-14/h5-8,16,26H,1,9H2,2-4H3/t16-/m0/s1. The fraction of sp³-hybridized carbons (Fsp3) is 0.250. The number of fused-ring (bicyclic) bond motifs is 3. The van der Waals surface area contributed by atoms with Crippen LogP contribution in [0.5, 0.6) is 0 Å². The van der Waals surface area contributed by atoms with Crippen LogP contribution in [0.3, 0.4) is 0 Å². The van der Waals surface area contributed by atoms with Crippen molar-refractivity contribution in [2.75, 3.05) is 0 Å². The first-order chi connectivity index (χ1) is 12.9. The Morgan fingerprint density at radius 3 is 2.59 bits per heavy atom. The van der Waals surface area contributed by atoms with Gasteiger partial charge in [-0.2, -0.15) is 0 Å². The Kier molecular flexibility index (Phi) is 4.74. The summed E-state index contributed by atoms with van der Waals surface area (Å²) in [6.45, 7) is 10.2. The van der Waals surface area contributed by atoms with Crippen LogP contribution >= 0.6 is 35.6 Å². The summed E-state index contributed by atoms with van der Waals surface area (Å²) in [7, 11) is 0. The van der Waals surface area contributed by atoms with Crippen LogP contribution in [-0.2, 0) is 0 Å². The molecule has 1 aromatic carbocycles. The molecule has 0 fully saturated rings. The first-order valence-corrected chi connectivity index (χ1v) is 10.2. The molecule has 0 N–H and O–H groups in total. The SMILES string of the molecule is C=C(S)C[C@@H]1N=C(c2ccc(Cl)cc2)c2c(sc(C)c2C)-n2c(C)nnc21. The number of benzene rings is 1. The highest BCUT2D eigenvalue weighted by Crippen LogP contribution is 2.40. The number of thiol groups is 1. The maximum absolute atomic E-state index is 6.11. The first-order valence-electron chi connectivity index (χ1n) is 8.60. The quantitative estimate of drug-likeness (QED) is 0.564. The van der Waals surface area contributed by atoms with Gasteiger partial charge in [-0.3, -0.25) is 9.56 Å². The minimum absolute atomic E-state index is 0.193. The van der Waals surface area contributed by atoms with Gasteiger partial charge < -0.3 is 0 Å². The van der Waals surface area contributed by atoms with Crippen LogP contribution in [0, 0.1) is 20.8 Å². The number of hydrogen-bond acceptors (Lipinski definition) is 5. The molecule has 138 valence electrons. The topological polar surface area (TPSA) is 43.1 Å². The van der Waals surface area contributed by atoms with Crippen molar-refractivity contribution in [2.45, 2.75) is 33.2 Å². The zero-order valence-corrected chi connectivity index (χ0v) is 17.8. The second-order valence-electron chi connectivity index (χ2n) is 6.67. The molecule has 3 aromatic rings. The van der Waals surface area contributed by atoms with Crippen molar-refractivity contribution in [3.63, 3.8) is 0 Å². The zero-order valence-electron chi connectivity index (χ0n) is 15.3. The lowest BCUT2D eigenvalue weighted by Gasteiger charge is -2.12. The van der Waals surface area contributed by atoms with E-state index in [0.29, 0.717) is 11.4 Å². The largest absolute Gasteiger partial charge is 0.272 e. The van der Waals surface area contributed by atoms with Crippen molar-refractivity contribution in [3.8, 4) is 5.00 Å². The molecule has 7 heteroatoms. The van der Waals surface area contributed by atoms with E-state index in [1.165, 1.54) is 10.4 Å². The van der Waals surface area contributed by atoms with E-state index < -0.39 is 0 Å². The van der Waals surface area contributed by atoms with Crippen LogP contribution in [0.25, 0.3) is 5.00 Å². The van der Waals surface area contributed by atoms with E-state index in [4.69, 9.17) is 16.6 Å². The van der Waals surface area contributed by atoms with Crippen LogP contribution in [0.15, 0.2) is 40.7 Å². The Morgan fingerprint density at radius 2 is 1.93 bits per heavy atom. The number of nitrogens with zero attached hydrogens (tertiary/aromatic N) is 4. The summed E-state index contributed by atoms with van der Waals surface area (Å²) in [5.74, 6) is 1.68. The Balaban J connectivity index is 2.04. The second-order valence-corrected chi connectivity index (χ2v) is 8.95. The molecule has 27 heavy (non-hydrogen) atoms. The Morgan fingerprint density at radius 1 is 1.22 bits per heavy atom. The molecule has 0 aliphatic carbocycles. The van der Waals surface area contributed by atoms with Crippen molar-refractivity contribution >= 4 is 41.3 Å². The number of aromatic nitrogens is 3. The summed E-state index contributed by atoms with van der Waals surface area (Å²) in [6.07, 6.45) is 0.602. The van der Waals surface area contributed by atoms with Gasteiger partial charge in [0.05, 0.1) is 5.71 Å². The highest BCUT2D eigenvalue weighted by Gasteiger charge is 2.31. The number of aryl methyl sites for hydroxylation is 2. The van der Waals surface area contributed by atoms with Gasteiger partial charge in [0.1, 0.15) is 16.9 Å². The van der Waals surface area contributed by atoms with Crippen molar-refractivity contribution < 1.29 is 0 Å². The number of thiophene rings is 1. The minimum Gasteiger partial charge on any atom is -0.272 e. The van der Waals surface area contributed by atoms with E-state index in [1.54, 1.807) is 11.3 Å². The predicted molar refractivity (Wildman–Crippen MR) is 116 cm³/mol. The molecule has 1 atom stereocenters. The highest BCUT2D eigenvalue weighted by atomic mass is 35.5. The summed E-state index contributed by atoms with van der Waals surface area (Å²) in [4.78, 5) is 7.16. The molecule has 2 aromatic heterocycles. The van der Waals surface area contributed by atoms with Gasteiger partial charge >= 0.3 is 0 Å². The van der Waals surface area contributed by atoms with Gasteiger partial charge in [-0.25, -0.2) is 0 Å². The van der Waals surface area contributed by atoms with Gasteiger partial charge in [0.15, 0.2) is 5.82 Å². The number of aliphatic imine (C=N–C) groups is 1. The van der Waals surface area contributed by atoms with E-state index in [2.05, 4.69) is 47.8 Å². The molecule has 1 aliphatic heterocycles. The van der Waals surface area contributed by atoms with Gasteiger partial charge in [-0.15, -0.1) is 34.2 Å². The molecule has 1 aliphatic rings. The number of halogens is 1. The molecule has 0 saturated heterocycles. The number of rotatable bonds is 3. The van der Waals surface area contributed by atoms with Crippen molar-refractivity contribution in [3.05, 3.63) is 74.0 Å². The third kappa shape index (κ3) is 3.16. The highest BCUT2D eigenvalue weighted by molar-refractivity contribution is 7.84. The molecule has 0 spiro atoms. The van der Waals surface area contributed by atoms with Crippen LogP contribution in [0.4, 0.5) is 0 Å². The summed E-state index contributed by atoms with van der Waals surface area (Å²) in [6, 6.07) is 7.64. The smallest absolute Gasteiger partial charge is 0.163 e. The summed E-state index contributed by atoms with van der Waals surface area (Å²) in [5.41, 5.74) is 4.35. The Labute approximate surface area is 173 Å².